The van der Waals surface area contributed by atoms with Crippen molar-refractivity contribution in [2.75, 3.05) is 26.7 Å². The molecule has 0 spiro atoms. The first-order chi connectivity index (χ1) is 23.8. The Hall–Kier alpha value is -4.16. The predicted octanol–water partition coefficient (Wildman–Crippen LogP) is 4.29. The normalized spacial score (nSPS) is 20.3. The van der Waals surface area contributed by atoms with Gasteiger partial charge in [0, 0.05) is 48.6 Å². The van der Waals surface area contributed by atoms with Crippen LogP contribution in [0.15, 0.2) is 94.9 Å². The van der Waals surface area contributed by atoms with E-state index in [1.807, 2.05) is 85.3 Å². The number of fused-ring (bicyclic) bond motifs is 2. The third-order valence-electron chi connectivity index (χ3n) is 8.71. The summed E-state index contributed by atoms with van der Waals surface area (Å²) in [4.78, 5) is 47.9. The van der Waals surface area contributed by atoms with Gasteiger partial charge in [0.05, 0.1) is 6.04 Å². The van der Waals surface area contributed by atoms with E-state index in [0.29, 0.717) is 64.7 Å². The summed E-state index contributed by atoms with van der Waals surface area (Å²) in [5, 5.41) is 12.5. The number of H-pyrrole nitrogens is 1. The zero-order valence-corrected chi connectivity index (χ0v) is 29.4. The molecule has 3 atom stereocenters. The number of nitrogens with two attached hydrogens (primary N) is 2. The molecule has 0 saturated carbocycles. The van der Waals surface area contributed by atoms with Crippen molar-refractivity contribution >= 4 is 40.4 Å². The molecule has 0 bridgehead atoms. The molecule has 0 unspecified atom stereocenters. The van der Waals surface area contributed by atoms with Gasteiger partial charge >= 0.3 is 0 Å². The second-order valence-corrected chi connectivity index (χ2v) is 13.3. The van der Waals surface area contributed by atoms with Crippen LogP contribution in [0.1, 0.15) is 50.2 Å². The number of aromatic amines is 1. The van der Waals surface area contributed by atoms with Crippen molar-refractivity contribution < 1.29 is 14.4 Å². The summed E-state index contributed by atoms with van der Waals surface area (Å²) in [6.45, 7) is 3.70. The quantitative estimate of drug-likeness (QED) is 0.184. The van der Waals surface area contributed by atoms with E-state index in [2.05, 4.69) is 27.0 Å². The fourth-order valence-corrected chi connectivity index (χ4v) is 6.70. The van der Waals surface area contributed by atoms with Gasteiger partial charge < -0.3 is 37.3 Å². The van der Waals surface area contributed by atoms with Crippen molar-refractivity contribution in [2.45, 2.75) is 75.0 Å². The minimum atomic E-state index is -0.834. The molecule has 11 heteroatoms. The first-order valence-corrected chi connectivity index (χ1v) is 18.0. The number of thioether (sulfide) groups is 1. The number of nitrogens with one attached hydrogen (secondary N) is 4. The van der Waals surface area contributed by atoms with Crippen molar-refractivity contribution in [1.29, 1.82) is 0 Å². The molecule has 0 aliphatic carbocycles. The Morgan fingerprint density at radius 1 is 0.918 bits per heavy atom. The minimum absolute atomic E-state index is 0.271. The maximum atomic E-state index is 14.3. The molecule has 1 aromatic heterocycles. The van der Waals surface area contributed by atoms with Gasteiger partial charge in [-0.2, -0.15) is 0 Å². The fourth-order valence-electron chi connectivity index (χ4n) is 5.82. The second kappa shape index (κ2) is 19.7. The minimum Gasteiger partial charge on any atom is -0.361 e. The van der Waals surface area contributed by atoms with Crippen molar-refractivity contribution in [3.8, 4) is 0 Å². The van der Waals surface area contributed by atoms with Crippen LogP contribution in [0.4, 0.5) is 0 Å². The lowest BCUT2D eigenvalue weighted by Gasteiger charge is -2.32. The molecule has 3 amide bonds. The standard InChI is InChI=1S/C38H51N7O3S/c1-27-12-8-10-22-41-37(47)34(24-29-26-42-31-15-5-4-14-30(29)31)45(2)38(48)33(16-7-9-20-39)44-36(46)32(17-11-21-40)43-25-28-13-3-6-18-35(28)49-23-19-27/h3-6,8,10,12-15,18-19,23,26,32-34,42-43H,7,9,11,16-17,20-22,24-25,39-40H2,1-2H3,(H,41,47)(H,44,46)/t32-,33-,34-/m0/s1. The fraction of sp³-hybridized carbons (Fsp3) is 0.395. The van der Waals surface area contributed by atoms with Crippen molar-refractivity contribution in [3.05, 3.63) is 101 Å². The highest BCUT2D eigenvalue weighted by Crippen LogP contribution is 2.25. The molecule has 2 aromatic carbocycles. The molecular formula is C38H51N7O3S. The summed E-state index contributed by atoms with van der Waals surface area (Å²) in [5.74, 6) is -0.871. The first-order valence-electron chi connectivity index (χ1n) is 17.1. The number of amides is 3. The average Bonchev–Trinajstić information content (AvgIpc) is 3.52. The van der Waals surface area contributed by atoms with Gasteiger partial charge in [-0.05, 0) is 80.8 Å². The molecule has 262 valence electrons. The van der Waals surface area contributed by atoms with Crippen LogP contribution in [0.3, 0.4) is 0 Å². The van der Waals surface area contributed by atoms with Crippen LogP contribution in [-0.4, -0.2) is 72.4 Å². The highest BCUT2D eigenvalue weighted by Gasteiger charge is 2.33. The molecule has 0 radical (unpaired) electrons. The van der Waals surface area contributed by atoms with Crippen LogP contribution in [0, 0.1) is 0 Å². The highest BCUT2D eigenvalue weighted by molar-refractivity contribution is 8.02. The van der Waals surface area contributed by atoms with Gasteiger partial charge in [-0.1, -0.05) is 78.0 Å². The zero-order valence-electron chi connectivity index (χ0n) is 28.6. The molecule has 49 heavy (non-hydrogen) atoms. The number of allylic oxidation sites excluding steroid dienone is 4. The SMILES string of the molecule is CC1=CC=CCNC(=O)[C@H](Cc2c[nH]c3ccccc23)N(C)C(=O)[C@H](CCCCN)NC(=O)[C@H](CCCN)NCc2ccccc2SC=C1. The monoisotopic (exact) mass is 685 g/mol. The van der Waals surface area contributed by atoms with E-state index in [9.17, 15) is 14.4 Å². The smallest absolute Gasteiger partial charge is 0.245 e. The van der Waals surface area contributed by atoms with Crippen LogP contribution in [0.2, 0.25) is 0 Å². The van der Waals surface area contributed by atoms with E-state index in [1.54, 1.807) is 18.8 Å². The molecule has 8 N–H and O–H groups in total. The zero-order chi connectivity index (χ0) is 35.0. The molecule has 2 heterocycles. The Kier molecular flexibility index (Phi) is 15.2. The Morgan fingerprint density at radius 2 is 1.67 bits per heavy atom. The number of carbonyl (C=O) groups excluding carboxylic acids is 3. The molecule has 0 saturated heterocycles. The van der Waals surface area contributed by atoms with E-state index in [-0.39, 0.29) is 17.7 Å². The molecule has 4 rings (SSSR count). The third kappa shape index (κ3) is 11.2. The lowest BCUT2D eigenvalue weighted by molar-refractivity contribution is -0.142. The highest BCUT2D eigenvalue weighted by atomic mass is 32.2. The molecule has 1 aliphatic rings. The maximum absolute atomic E-state index is 14.3. The first kappa shape index (κ1) is 37.7. The number of para-hydroxylation sites is 1. The van der Waals surface area contributed by atoms with Crippen molar-refractivity contribution in [3.63, 3.8) is 0 Å². The van der Waals surface area contributed by atoms with Crippen LogP contribution in [-0.2, 0) is 27.3 Å². The van der Waals surface area contributed by atoms with Gasteiger partial charge in [-0.25, -0.2) is 0 Å². The molecular weight excluding hydrogens is 635 g/mol. The number of hydrogen-bond donors (Lipinski definition) is 6. The Balaban J connectivity index is 1.68. The molecule has 10 nitrogen and oxygen atoms in total. The van der Waals surface area contributed by atoms with E-state index in [4.69, 9.17) is 11.5 Å². The summed E-state index contributed by atoms with van der Waals surface area (Å²) in [6.07, 6.45) is 12.9. The van der Waals surface area contributed by atoms with Gasteiger partial charge in [-0.15, -0.1) is 0 Å². The van der Waals surface area contributed by atoms with Crippen LogP contribution in [0.25, 0.3) is 10.9 Å². The summed E-state index contributed by atoms with van der Waals surface area (Å²) in [7, 11) is 1.64. The number of rotatable bonds is 9. The van der Waals surface area contributed by atoms with Crippen LogP contribution in [0.5, 0.6) is 0 Å². The Morgan fingerprint density at radius 3 is 2.49 bits per heavy atom. The number of hydrogen-bond acceptors (Lipinski definition) is 7. The Bertz CT molecular complexity index is 1630. The van der Waals surface area contributed by atoms with E-state index in [1.165, 1.54) is 4.90 Å². The van der Waals surface area contributed by atoms with Gasteiger partial charge in [0.25, 0.3) is 0 Å². The molecule has 1 aliphatic heterocycles. The number of unbranched alkanes of at least 4 members (excludes halogenated alkanes) is 1. The van der Waals surface area contributed by atoms with Crippen molar-refractivity contribution in [2.24, 2.45) is 11.5 Å². The number of aromatic nitrogens is 1. The summed E-state index contributed by atoms with van der Waals surface area (Å²) < 4.78 is 0. The van der Waals surface area contributed by atoms with Gasteiger partial charge in [0.2, 0.25) is 17.7 Å². The van der Waals surface area contributed by atoms with Crippen LogP contribution >= 0.6 is 11.8 Å². The maximum Gasteiger partial charge on any atom is 0.245 e. The van der Waals surface area contributed by atoms with E-state index < -0.39 is 18.1 Å². The number of likely N-dealkylation sites (N-methyl/N-ethyl adjacent to an activating group) is 1. The van der Waals surface area contributed by atoms with Gasteiger partial charge in [0.15, 0.2) is 0 Å². The number of benzene rings is 2. The second-order valence-electron chi connectivity index (χ2n) is 12.4. The summed E-state index contributed by atoms with van der Waals surface area (Å²) >= 11 is 1.61. The predicted molar refractivity (Wildman–Crippen MR) is 200 cm³/mol. The van der Waals surface area contributed by atoms with E-state index in [0.717, 1.165) is 32.5 Å². The number of carbonyl (C=O) groups is 3. The number of nitrogens with zero attached hydrogens (tertiary/aromatic N) is 1. The lowest BCUT2D eigenvalue weighted by atomic mass is 10.0. The van der Waals surface area contributed by atoms with Gasteiger partial charge in [-0.3, -0.25) is 14.4 Å². The molecule has 3 aromatic rings. The summed E-state index contributed by atoms with van der Waals surface area (Å²) in [6, 6.07) is 13.8. The van der Waals surface area contributed by atoms with Gasteiger partial charge in [0.1, 0.15) is 12.1 Å². The molecule has 0 fully saturated rings. The largest absolute Gasteiger partial charge is 0.361 e. The Labute approximate surface area is 294 Å². The third-order valence-corrected chi connectivity index (χ3v) is 9.63. The lowest BCUT2D eigenvalue weighted by Crippen LogP contribution is -2.57. The van der Waals surface area contributed by atoms with E-state index >= 15 is 0 Å². The average molecular weight is 686 g/mol. The van der Waals surface area contributed by atoms with Crippen molar-refractivity contribution in [1.82, 2.24) is 25.8 Å². The van der Waals surface area contributed by atoms with Crippen LogP contribution < -0.4 is 27.4 Å². The topological polar surface area (TPSA) is 158 Å². The summed E-state index contributed by atoms with van der Waals surface area (Å²) in [5.41, 5.74) is 15.7.